The third-order valence-corrected chi connectivity index (χ3v) is 4.21. The highest BCUT2D eigenvalue weighted by Crippen LogP contribution is 2.38. The first-order valence-corrected chi connectivity index (χ1v) is 6.80. The third kappa shape index (κ3) is 2.25. The Morgan fingerprint density at radius 1 is 1.12 bits per heavy atom. The first-order valence-electron chi connectivity index (χ1n) is 6.43. The van der Waals surface area contributed by atoms with Gasteiger partial charge in [-0.3, -0.25) is 0 Å². The van der Waals surface area contributed by atoms with Crippen LogP contribution in [0, 0.1) is 19.8 Å². The van der Waals surface area contributed by atoms with Crippen molar-refractivity contribution in [2.45, 2.75) is 45.6 Å². The molecule has 0 saturated heterocycles. The molecule has 3 nitrogen and oxygen atoms in total. The van der Waals surface area contributed by atoms with Crippen molar-refractivity contribution in [3.63, 3.8) is 0 Å². The topological polar surface area (TPSA) is 29.0 Å². The Kier molecular flexibility index (Phi) is 2.74. The molecule has 0 atom stereocenters. The molecule has 0 N–H and O–H groups in total. The second-order valence-corrected chi connectivity index (χ2v) is 5.75. The van der Waals surface area contributed by atoms with E-state index < -0.39 is 0 Å². The Morgan fingerprint density at radius 2 is 1.82 bits per heavy atom. The molecule has 2 fully saturated rings. The van der Waals surface area contributed by atoms with Crippen molar-refractivity contribution in [3.8, 4) is 0 Å². The van der Waals surface area contributed by atoms with E-state index in [2.05, 4.69) is 22.0 Å². The summed E-state index contributed by atoms with van der Waals surface area (Å²) in [5, 5.41) is 8.93. The van der Waals surface area contributed by atoms with Gasteiger partial charge in [-0.2, -0.15) is 0 Å². The number of anilines is 1. The molecule has 0 aliphatic heterocycles. The molecule has 17 heavy (non-hydrogen) atoms. The largest absolute Gasteiger partial charge is 0.352 e. The molecular formula is C13H18ClN3. The van der Waals surface area contributed by atoms with Crippen molar-refractivity contribution in [3.05, 3.63) is 16.3 Å². The van der Waals surface area contributed by atoms with Gasteiger partial charge in [-0.15, -0.1) is 10.2 Å². The molecule has 0 unspecified atom stereocenters. The Morgan fingerprint density at radius 3 is 2.41 bits per heavy atom. The van der Waals surface area contributed by atoms with Crippen molar-refractivity contribution in [2.24, 2.45) is 5.92 Å². The normalized spacial score (nSPS) is 19.5. The van der Waals surface area contributed by atoms with Crippen molar-refractivity contribution >= 4 is 17.4 Å². The Hall–Kier alpha value is -0.830. The maximum Gasteiger partial charge on any atom is 0.155 e. The highest BCUT2D eigenvalue weighted by atomic mass is 35.5. The molecule has 0 bridgehead atoms. The molecule has 3 rings (SSSR count). The fourth-order valence-electron chi connectivity index (χ4n) is 2.21. The van der Waals surface area contributed by atoms with Gasteiger partial charge in [-0.1, -0.05) is 11.6 Å². The van der Waals surface area contributed by atoms with Gasteiger partial charge in [-0.05, 0) is 56.6 Å². The van der Waals surface area contributed by atoms with Gasteiger partial charge in [0.05, 0.1) is 0 Å². The summed E-state index contributed by atoms with van der Waals surface area (Å²) in [7, 11) is 0. The monoisotopic (exact) mass is 251 g/mol. The SMILES string of the molecule is Cc1c(Cl)nnc(N(CC2CC2)C2CC2)c1C. The van der Waals surface area contributed by atoms with Crippen LogP contribution in [0.4, 0.5) is 5.82 Å². The molecular weight excluding hydrogens is 234 g/mol. The van der Waals surface area contributed by atoms with Crippen LogP contribution in [0.3, 0.4) is 0 Å². The number of hydrogen-bond donors (Lipinski definition) is 0. The highest BCUT2D eigenvalue weighted by molar-refractivity contribution is 6.30. The maximum absolute atomic E-state index is 6.01. The number of hydrogen-bond acceptors (Lipinski definition) is 3. The van der Waals surface area contributed by atoms with Crippen LogP contribution in [0.15, 0.2) is 0 Å². The lowest BCUT2D eigenvalue weighted by Crippen LogP contribution is -2.30. The molecule has 0 radical (unpaired) electrons. The van der Waals surface area contributed by atoms with Gasteiger partial charge in [0.15, 0.2) is 11.0 Å². The van der Waals surface area contributed by atoms with Crippen LogP contribution in [-0.2, 0) is 0 Å². The average Bonchev–Trinajstić information content (AvgIpc) is 3.15. The van der Waals surface area contributed by atoms with Gasteiger partial charge in [0.2, 0.25) is 0 Å². The molecule has 1 aromatic rings. The van der Waals surface area contributed by atoms with Crippen molar-refractivity contribution < 1.29 is 0 Å². The van der Waals surface area contributed by atoms with Crippen molar-refractivity contribution in [2.75, 3.05) is 11.4 Å². The highest BCUT2D eigenvalue weighted by Gasteiger charge is 2.35. The fraction of sp³-hybridized carbons (Fsp3) is 0.692. The Balaban J connectivity index is 1.91. The molecule has 4 heteroatoms. The lowest BCUT2D eigenvalue weighted by atomic mass is 10.2. The summed E-state index contributed by atoms with van der Waals surface area (Å²) in [6.07, 6.45) is 5.36. The smallest absolute Gasteiger partial charge is 0.155 e. The van der Waals surface area contributed by atoms with E-state index in [-0.39, 0.29) is 0 Å². The van der Waals surface area contributed by atoms with E-state index in [1.807, 2.05) is 6.92 Å². The zero-order valence-corrected chi connectivity index (χ0v) is 11.2. The predicted octanol–water partition coefficient (Wildman–Crippen LogP) is 3.13. The Labute approximate surface area is 107 Å². The molecule has 0 aromatic carbocycles. The molecule has 92 valence electrons. The van der Waals surface area contributed by atoms with Gasteiger partial charge in [0.25, 0.3) is 0 Å². The average molecular weight is 252 g/mol. The minimum Gasteiger partial charge on any atom is -0.352 e. The summed E-state index contributed by atoms with van der Waals surface area (Å²) in [6, 6.07) is 0.698. The van der Waals surface area contributed by atoms with E-state index in [1.54, 1.807) is 0 Å². The number of aromatic nitrogens is 2. The summed E-state index contributed by atoms with van der Waals surface area (Å²) in [5.74, 6) is 1.94. The van der Waals surface area contributed by atoms with Crippen molar-refractivity contribution in [1.82, 2.24) is 10.2 Å². The molecule has 0 spiro atoms. The number of rotatable bonds is 4. The second kappa shape index (κ2) is 4.13. The van der Waals surface area contributed by atoms with Crippen LogP contribution < -0.4 is 4.90 Å². The summed E-state index contributed by atoms with van der Waals surface area (Å²) in [5.41, 5.74) is 2.26. The fourth-order valence-corrected chi connectivity index (χ4v) is 2.39. The van der Waals surface area contributed by atoms with Crippen LogP contribution >= 0.6 is 11.6 Å². The first-order chi connectivity index (χ1) is 8.16. The number of nitrogens with zero attached hydrogens (tertiary/aromatic N) is 3. The number of halogens is 1. The second-order valence-electron chi connectivity index (χ2n) is 5.39. The third-order valence-electron chi connectivity index (χ3n) is 3.85. The standard InChI is InChI=1S/C13H18ClN3/c1-8-9(2)13(16-15-12(8)14)17(11-5-6-11)7-10-3-4-10/h10-11H,3-7H2,1-2H3. The van der Waals surface area contributed by atoms with Crippen LogP contribution in [0.5, 0.6) is 0 Å². The van der Waals surface area contributed by atoms with Gasteiger partial charge in [-0.25, -0.2) is 0 Å². The van der Waals surface area contributed by atoms with Crippen LogP contribution in [0.1, 0.15) is 36.8 Å². The van der Waals surface area contributed by atoms with Crippen LogP contribution in [-0.4, -0.2) is 22.8 Å². The van der Waals surface area contributed by atoms with E-state index in [0.717, 1.165) is 23.8 Å². The zero-order chi connectivity index (χ0) is 12.0. The molecule has 2 saturated carbocycles. The molecule has 1 heterocycles. The quantitative estimate of drug-likeness (QED) is 0.823. The molecule has 2 aliphatic rings. The Bertz CT molecular complexity index is 439. The minimum atomic E-state index is 0.536. The maximum atomic E-state index is 6.01. The molecule has 0 amide bonds. The van der Waals surface area contributed by atoms with Gasteiger partial charge in [0.1, 0.15) is 0 Å². The van der Waals surface area contributed by atoms with E-state index in [4.69, 9.17) is 11.6 Å². The first kappa shape index (κ1) is 11.3. The van der Waals surface area contributed by atoms with Crippen LogP contribution in [0.25, 0.3) is 0 Å². The molecule has 2 aliphatic carbocycles. The predicted molar refractivity (Wildman–Crippen MR) is 69.6 cm³/mol. The lowest BCUT2D eigenvalue weighted by molar-refractivity contribution is 0.698. The molecule has 1 aromatic heterocycles. The van der Waals surface area contributed by atoms with Crippen molar-refractivity contribution in [1.29, 1.82) is 0 Å². The van der Waals surface area contributed by atoms with Gasteiger partial charge < -0.3 is 4.90 Å². The summed E-state index contributed by atoms with van der Waals surface area (Å²) in [6.45, 7) is 5.28. The minimum absolute atomic E-state index is 0.536. The van der Waals surface area contributed by atoms with E-state index in [0.29, 0.717) is 11.2 Å². The van der Waals surface area contributed by atoms with Crippen LogP contribution in [0.2, 0.25) is 5.15 Å². The van der Waals surface area contributed by atoms with E-state index in [9.17, 15) is 0 Å². The zero-order valence-electron chi connectivity index (χ0n) is 10.4. The summed E-state index contributed by atoms with van der Waals surface area (Å²) >= 11 is 6.01. The van der Waals surface area contributed by atoms with E-state index in [1.165, 1.54) is 31.2 Å². The lowest BCUT2D eigenvalue weighted by Gasteiger charge is -2.25. The summed E-state index contributed by atoms with van der Waals surface area (Å²) < 4.78 is 0. The van der Waals surface area contributed by atoms with Gasteiger partial charge in [0, 0.05) is 12.6 Å². The van der Waals surface area contributed by atoms with Gasteiger partial charge >= 0.3 is 0 Å². The van der Waals surface area contributed by atoms with E-state index >= 15 is 0 Å². The summed E-state index contributed by atoms with van der Waals surface area (Å²) in [4.78, 5) is 2.46.